The Bertz CT molecular complexity index is 539. The van der Waals surface area contributed by atoms with Gasteiger partial charge in [0.2, 0.25) is 11.0 Å². The zero-order chi connectivity index (χ0) is 15.9. The Labute approximate surface area is 136 Å². The molecule has 0 unspecified atom stereocenters. The van der Waals surface area contributed by atoms with Crippen LogP contribution in [0.1, 0.15) is 58.2 Å². The molecule has 1 aromatic heterocycles. The van der Waals surface area contributed by atoms with Crippen molar-refractivity contribution in [1.82, 2.24) is 14.3 Å². The van der Waals surface area contributed by atoms with E-state index in [9.17, 15) is 4.79 Å². The highest BCUT2D eigenvalue weighted by Crippen LogP contribution is 2.40. The number of rotatable bonds is 3. The molecule has 0 bridgehead atoms. The van der Waals surface area contributed by atoms with E-state index in [4.69, 9.17) is 4.98 Å². The van der Waals surface area contributed by atoms with Crippen molar-refractivity contribution in [3.05, 3.63) is 5.82 Å². The average molecular weight is 322 g/mol. The maximum absolute atomic E-state index is 12.4. The molecule has 0 atom stereocenters. The van der Waals surface area contributed by atoms with Gasteiger partial charge < -0.3 is 9.80 Å². The maximum atomic E-state index is 12.4. The first-order chi connectivity index (χ1) is 10.4. The Morgan fingerprint density at radius 2 is 1.86 bits per heavy atom. The van der Waals surface area contributed by atoms with Gasteiger partial charge in [0, 0.05) is 49.0 Å². The van der Waals surface area contributed by atoms with Gasteiger partial charge in [0.05, 0.1) is 0 Å². The smallest absolute Gasteiger partial charge is 0.227 e. The van der Waals surface area contributed by atoms with Crippen molar-refractivity contribution in [2.45, 2.75) is 58.4 Å². The molecule has 0 radical (unpaired) electrons. The highest BCUT2D eigenvalue weighted by atomic mass is 32.1. The molecule has 22 heavy (non-hydrogen) atoms. The Morgan fingerprint density at radius 3 is 2.41 bits per heavy atom. The predicted octanol–water partition coefficient (Wildman–Crippen LogP) is 2.89. The monoisotopic (exact) mass is 322 g/mol. The molecular formula is C16H26N4OS. The van der Waals surface area contributed by atoms with Crippen molar-refractivity contribution in [3.63, 3.8) is 0 Å². The van der Waals surface area contributed by atoms with E-state index in [0.29, 0.717) is 12.0 Å². The maximum Gasteiger partial charge on any atom is 0.227 e. The summed E-state index contributed by atoms with van der Waals surface area (Å²) < 4.78 is 4.49. The van der Waals surface area contributed by atoms with E-state index in [1.54, 1.807) is 0 Å². The molecule has 6 heteroatoms. The number of anilines is 1. The fraction of sp³-hybridized carbons (Fsp3) is 0.812. The van der Waals surface area contributed by atoms with E-state index >= 15 is 0 Å². The molecule has 5 nitrogen and oxygen atoms in total. The van der Waals surface area contributed by atoms with Crippen LogP contribution in [0.4, 0.5) is 5.13 Å². The first kappa shape index (κ1) is 15.7. The lowest BCUT2D eigenvalue weighted by Crippen LogP contribution is -2.48. The summed E-state index contributed by atoms with van der Waals surface area (Å²) >= 11 is 1.53. The third kappa shape index (κ3) is 3.26. The number of hydrogen-bond acceptors (Lipinski definition) is 5. The molecule has 122 valence electrons. The van der Waals surface area contributed by atoms with Gasteiger partial charge in [0.15, 0.2) is 0 Å². The molecule has 3 rings (SSSR count). The number of carbonyl (C=O) groups is 1. The zero-order valence-corrected chi connectivity index (χ0v) is 14.8. The van der Waals surface area contributed by atoms with Gasteiger partial charge in [-0.3, -0.25) is 4.79 Å². The summed E-state index contributed by atoms with van der Waals surface area (Å²) in [6.45, 7) is 7.89. The Hall–Kier alpha value is -1.17. The van der Waals surface area contributed by atoms with E-state index in [1.165, 1.54) is 24.4 Å². The second kappa shape index (κ2) is 5.80. The minimum atomic E-state index is -0.301. The van der Waals surface area contributed by atoms with Crippen LogP contribution in [-0.2, 0) is 4.79 Å². The van der Waals surface area contributed by atoms with Crippen LogP contribution < -0.4 is 4.90 Å². The second-order valence-electron chi connectivity index (χ2n) is 7.59. The molecule has 1 saturated heterocycles. The molecule has 1 saturated carbocycles. The van der Waals surface area contributed by atoms with Crippen LogP contribution in [0, 0.1) is 5.41 Å². The van der Waals surface area contributed by atoms with Gasteiger partial charge in [-0.2, -0.15) is 4.37 Å². The number of carbonyl (C=O) groups excluding carboxylic acids is 1. The summed E-state index contributed by atoms with van der Waals surface area (Å²) in [5, 5.41) is 1.06. The van der Waals surface area contributed by atoms with Gasteiger partial charge in [0.1, 0.15) is 5.82 Å². The Morgan fingerprint density at radius 1 is 1.23 bits per heavy atom. The van der Waals surface area contributed by atoms with E-state index < -0.39 is 0 Å². The van der Waals surface area contributed by atoms with Crippen LogP contribution in [-0.4, -0.2) is 46.3 Å². The lowest BCUT2D eigenvalue weighted by Gasteiger charge is -2.38. The molecule has 1 amide bonds. The highest BCUT2D eigenvalue weighted by molar-refractivity contribution is 7.09. The van der Waals surface area contributed by atoms with E-state index in [0.717, 1.165) is 36.9 Å². The van der Waals surface area contributed by atoms with Gasteiger partial charge in [-0.25, -0.2) is 4.98 Å². The van der Waals surface area contributed by atoms with Gasteiger partial charge in [-0.1, -0.05) is 20.8 Å². The summed E-state index contributed by atoms with van der Waals surface area (Å²) in [6, 6.07) is 0.346. The Balaban J connectivity index is 1.56. The predicted molar refractivity (Wildman–Crippen MR) is 89.3 cm³/mol. The van der Waals surface area contributed by atoms with Crippen LogP contribution in [0.2, 0.25) is 0 Å². The third-order valence-electron chi connectivity index (χ3n) is 4.62. The third-order valence-corrected chi connectivity index (χ3v) is 5.41. The van der Waals surface area contributed by atoms with Crippen molar-refractivity contribution in [2.75, 3.05) is 25.0 Å². The number of aromatic nitrogens is 2. The van der Waals surface area contributed by atoms with Crippen LogP contribution in [0.3, 0.4) is 0 Å². The van der Waals surface area contributed by atoms with Gasteiger partial charge in [-0.15, -0.1) is 0 Å². The quantitative estimate of drug-likeness (QED) is 0.858. The summed E-state index contributed by atoms with van der Waals surface area (Å²) in [5.41, 5.74) is -0.301. The summed E-state index contributed by atoms with van der Waals surface area (Å²) in [4.78, 5) is 21.4. The van der Waals surface area contributed by atoms with E-state index in [2.05, 4.69) is 9.27 Å². The van der Waals surface area contributed by atoms with Gasteiger partial charge in [-0.05, 0) is 25.7 Å². The molecule has 0 aromatic carbocycles. The standard InChI is InChI=1S/C16H26N4OS/c1-16(2,3)14(21)19(4)12-7-9-20(10-8-12)15-17-13(18-22-15)11-5-6-11/h11-12H,5-10H2,1-4H3. The highest BCUT2D eigenvalue weighted by Gasteiger charge is 2.33. The number of piperidine rings is 1. The summed E-state index contributed by atoms with van der Waals surface area (Å²) in [7, 11) is 1.95. The summed E-state index contributed by atoms with van der Waals surface area (Å²) in [5.74, 6) is 1.90. The number of nitrogens with zero attached hydrogens (tertiary/aromatic N) is 4. The first-order valence-corrected chi connectivity index (χ1v) is 8.99. The first-order valence-electron chi connectivity index (χ1n) is 8.22. The second-order valence-corrected chi connectivity index (χ2v) is 8.32. The fourth-order valence-corrected chi connectivity index (χ4v) is 3.80. The van der Waals surface area contributed by atoms with Crippen molar-refractivity contribution < 1.29 is 4.79 Å². The topological polar surface area (TPSA) is 49.3 Å². The molecular weight excluding hydrogens is 296 g/mol. The van der Waals surface area contributed by atoms with Gasteiger partial charge >= 0.3 is 0 Å². The SMILES string of the molecule is CN(C(=O)C(C)(C)C)C1CCN(c2nc(C3CC3)ns2)CC1. The summed E-state index contributed by atoms with van der Waals surface area (Å²) in [6.07, 6.45) is 4.52. The molecule has 1 aromatic rings. The lowest BCUT2D eigenvalue weighted by molar-refractivity contribution is -0.140. The van der Waals surface area contributed by atoms with E-state index in [-0.39, 0.29) is 11.3 Å². The van der Waals surface area contributed by atoms with Crippen molar-refractivity contribution in [1.29, 1.82) is 0 Å². The molecule has 2 aliphatic rings. The normalized spacial score (nSPS) is 20.3. The van der Waals surface area contributed by atoms with Crippen molar-refractivity contribution >= 4 is 22.6 Å². The van der Waals surface area contributed by atoms with Crippen LogP contribution in [0.5, 0.6) is 0 Å². The van der Waals surface area contributed by atoms with Crippen molar-refractivity contribution in [2.24, 2.45) is 5.41 Å². The van der Waals surface area contributed by atoms with Crippen molar-refractivity contribution in [3.8, 4) is 0 Å². The van der Waals surface area contributed by atoms with Gasteiger partial charge in [0.25, 0.3) is 0 Å². The average Bonchev–Trinajstić information content (AvgIpc) is 3.22. The number of hydrogen-bond donors (Lipinski definition) is 0. The Kier molecular flexibility index (Phi) is 4.14. The molecule has 2 heterocycles. The zero-order valence-electron chi connectivity index (χ0n) is 14.0. The molecule has 1 aliphatic heterocycles. The lowest BCUT2D eigenvalue weighted by atomic mass is 9.93. The fourth-order valence-electron chi connectivity index (χ4n) is 3.00. The van der Waals surface area contributed by atoms with E-state index in [1.807, 2.05) is 32.7 Å². The number of amides is 1. The molecule has 1 aliphatic carbocycles. The largest absolute Gasteiger partial charge is 0.347 e. The molecule has 0 spiro atoms. The minimum Gasteiger partial charge on any atom is -0.347 e. The van der Waals surface area contributed by atoms with Crippen LogP contribution in [0.15, 0.2) is 0 Å². The van der Waals surface area contributed by atoms with Crippen LogP contribution >= 0.6 is 11.5 Å². The van der Waals surface area contributed by atoms with Crippen LogP contribution in [0.25, 0.3) is 0 Å². The molecule has 0 N–H and O–H groups in total. The molecule has 2 fully saturated rings. The minimum absolute atomic E-state index is 0.234.